The number of hydrogen-bond donors (Lipinski definition) is 2. The van der Waals surface area contributed by atoms with Crippen LogP contribution in [0.2, 0.25) is 0 Å². The van der Waals surface area contributed by atoms with Crippen LogP contribution in [0.3, 0.4) is 0 Å². The lowest BCUT2D eigenvalue weighted by atomic mass is 9.73. The number of benzene rings is 3. The van der Waals surface area contributed by atoms with Gasteiger partial charge in [-0.25, -0.2) is 8.42 Å². The highest BCUT2D eigenvalue weighted by atomic mass is 32.2. The normalized spacial score (nSPS) is 17.3. The van der Waals surface area contributed by atoms with Crippen molar-refractivity contribution in [1.29, 1.82) is 5.26 Å². The highest BCUT2D eigenvalue weighted by Gasteiger charge is 2.34. The Labute approximate surface area is 177 Å². The fourth-order valence-corrected chi connectivity index (χ4v) is 5.11. The number of nitriles is 1. The number of sulfonamides is 1. The summed E-state index contributed by atoms with van der Waals surface area (Å²) < 4.78 is 28.0. The maximum absolute atomic E-state index is 12.7. The highest BCUT2D eigenvalue weighted by molar-refractivity contribution is 7.92. The fraction of sp³-hybridized carbons (Fsp3) is 0.208. The third-order valence-corrected chi connectivity index (χ3v) is 6.94. The molecular weight excluding hydrogens is 394 g/mol. The van der Waals surface area contributed by atoms with Crippen LogP contribution in [0.5, 0.6) is 0 Å². The molecule has 4 rings (SSSR count). The number of hydrogen-bond acceptors (Lipinski definition) is 4. The molecule has 0 aliphatic carbocycles. The number of para-hydroxylation sites is 1. The van der Waals surface area contributed by atoms with Gasteiger partial charge in [0.15, 0.2) is 0 Å². The summed E-state index contributed by atoms with van der Waals surface area (Å²) in [6.07, 6.45) is 0.823. The second-order valence-corrected chi connectivity index (χ2v) is 9.85. The van der Waals surface area contributed by atoms with Crippen LogP contribution in [-0.2, 0) is 15.4 Å². The molecule has 0 amide bonds. The van der Waals surface area contributed by atoms with Gasteiger partial charge in [-0.15, -0.1) is 0 Å². The van der Waals surface area contributed by atoms with Crippen LogP contribution in [0.4, 0.5) is 11.4 Å². The Kier molecular flexibility index (Phi) is 5.00. The van der Waals surface area contributed by atoms with E-state index in [0.717, 1.165) is 23.2 Å². The largest absolute Gasteiger partial charge is 0.377 e. The van der Waals surface area contributed by atoms with Gasteiger partial charge in [-0.05, 0) is 53.3 Å². The van der Waals surface area contributed by atoms with Gasteiger partial charge in [-0.3, -0.25) is 4.72 Å². The Morgan fingerprint density at radius 3 is 2.50 bits per heavy atom. The minimum absolute atomic E-state index is 0.0387. The van der Waals surface area contributed by atoms with E-state index in [-0.39, 0.29) is 16.4 Å². The van der Waals surface area contributed by atoms with Gasteiger partial charge in [0.25, 0.3) is 10.0 Å². The first-order valence-electron chi connectivity index (χ1n) is 9.78. The third-order valence-electron chi connectivity index (χ3n) is 5.54. The van der Waals surface area contributed by atoms with Gasteiger partial charge in [-0.1, -0.05) is 56.3 Å². The molecule has 1 heterocycles. The van der Waals surface area contributed by atoms with Crippen molar-refractivity contribution in [1.82, 2.24) is 0 Å². The molecule has 0 spiro atoms. The molecular formula is C24H23N3O2S. The van der Waals surface area contributed by atoms with Gasteiger partial charge < -0.3 is 5.32 Å². The summed E-state index contributed by atoms with van der Waals surface area (Å²) >= 11 is 0. The summed E-state index contributed by atoms with van der Waals surface area (Å²) in [5.74, 6) is 0. The molecule has 1 atom stereocenters. The summed E-state index contributed by atoms with van der Waals surface area (Å²) in [5, 5.41) is 13.0. The molecule has 3 aromatic rings. The molecule has 0 fully saturated rings. The first-order chi connectivity index (χ1) is 14.3. The average molecular weight is 418 g/mol. The molecule has 30 heavy (non-hydrogen) atoms. The van der Waals surface area contributed by atoms with Crippen LogP contribution >= 0.6 is 0 Å². The van der Waals surface area contributed by atoms with Gasteiger partial charge in [0.05, 0.1) is 22.2 Å². The van der Waals surface area contributed by atoms with E-state index < -0.39 is 10.0 Å². The van der Waals surface area contributed by atoms with Gasteiger partial charge in [0, 0.05) is 5.69 Å². The SMILES string of the molecule is CC1(C)CC(c2cccc(NS(=O)(=O)c3ccccc3)c2)Nc2c(C#N)cccc21. The average Bonchev–Trinajstić information content (AvgIpc) is 2.73. The van der Waals surface area contributed by atoms with Crippen molar-refractivity contribution in [2.45, 2.75) is 36.6 Å². The zero-order valence-electron chi connectivity index (χ0n) is 16.9. The monoisotopic (exact) mass is 417 g/mol. The van der Waals surface area contributed by atoms with E-state index in [1.165, 1.54) is 0 Å². The van der Waals surface area contributed by atoms with Crippen LogP contribution in [0.15, 0.2) is 77.7 Å². The number of nitrogens with zero attached hydrogens (tertiary/aromatic N) is 1. The number of anilines is 2. The molecule has 3 aromatic carbocycles. The van der Waals surface area contributed by atoms with Crippen molar-refractivity contribution in [2.24, 2.45) is 0 Å². The van der Waals surface area contributed by atoms with Crippen LogP contribution in [0.1, 0.15) is 43.0 Å². The smallest absolute Gasteiger partial charge is 0.261 e. The summed E-state index contributed by atoms with van der Waals surface area (Å²) in [6.45, 7) is 4.34. The first kappa shape index (κ1) is 20.0. The summed E-state index contributed by atoms with van der Waals surface area (Å²) in [7, 11) is -3.66. The lowest BCUT2D eigenvalue weighted by molar-refractivity contribution is 0.427. The quantitative estimate of drug-likeness (QED) is 0.612. The predicted molar refractivity (Wildman–Crippen MR) is 119 cm³/mol. The Bertz CT molecular complexity index is 1230. The van der Waals surface area contributed by atoms with Gasteiger partial charge in [0.2, 0.25) is 0 Å². The van der Waals surface area contributed by atoms with Crippen molar-refractivity contribution in [2.75, 3.05) is 10.0 Å². The maximum Gasteiger partial charge on any atom is 0.261 e. The molecule has 152 valence electrons. The topological polar surface area (TPSA) is 82.0 Å². The molecule has 0 saturated carbocycles. The fourth-order valence-electron chi connectivity index (χ4n) is 4.04. The van der Waals surface area contributed by atoms with Crippen LogP contribution in [0, 0.1) is 11.3 Å². The number of fused-ring (bicyclic) bond motifs is 1. The van der Waals surface area contributed by atoms with Gasteiger partial charge >= 0.3 is 0 Å². The van der Waals surface area contributed by atoms with E-state index in [9.17, 15) is 13.7 Å². The van der Waals surface area contributed by atoms with E-state index in [1.807, 2.05) is 30.3 Å². The first-order valence-corrected chi connectivity index (χ1v) is 11.3. The van der Waals surface area contributed by atoms with Crippen molar-refractivity contribution >= 4 is 21.4 Å². The minimum Gasteiger partial charge on any atom is -0.377 e. The van der Waals surface area contributed by atoms with Crippen molar-refractivity contribution in [3.63, 3.8) is 0 Å². The Hall–Kier alpha value is -3.30. The second kappa shape index (κ2) is 7.51. The summed E-state index contributed by atoms with van der Waals surface area (Å²) in [6, 6.07) is 23.8. The van der Waals surface area contributed by atoms with Crippen LogP contribution in [0.25, 0.3) is 0 Å². The van der Waals surface area contributed by atoms with Crippen molar-refractivity contribution in [3.05, 3.63) is 89.5 Å². The van der Waals surface area contributed by atoms with Gasteiger partial charge in [-0.2, -0.15) is 5.26 Å². The lowest BCUT2D eigenvalue weighted by Gasteiger charge is -2.39. The molecule has 0 saturated heterocycles. The third kappa shape index (κ3) is 3.77. The highest BCUT2D eigenvalue weighted by Crippen LogP contribution is 2.45. The second-order valence-electron chi connectivity index (χ2n) is 8.17. The molecule has 1 unspecified atom stereocenters. The molecule has 0 aromatic heterocycles. The summed E-state index contributed by atoms with van der Waals surface area (Å²) in [4.78, 5) is 0.222. The molecule has 1 aliphatic rings. The van der Waals surface area contributed by atoms with Crippen LogP contribution < -0.4 is 10.0 Å². The van der Waals surface area contributed by atoms with Gasteiger partial charge in [0.1, 0.15) is 6.07 Å². The zero-order chi connectivity index (χ0) is 21.4. The maximum atomic E-state index is 12.7. The minimum atomic E-state index is -3.66. The molecule has 0 radical (unpaired) electrons. The number of rotatable bonds is 4. The van der Waals surface area contributed by atoms with E-state index in [2.05, 4.69) is 36.0 Å². The summed E-state index contributed by atoms with van der Waals surface area (Å²) in [5.41, 5.74) is 3.95. The molecule has 1 aliphatic heterocycles. The Morgan fingerprint density at radius 2 is 1.77 bits per heavy atom. The molecule has 5 nitrogen and oxygen atoms in total. The van der Waals surface area contributed by atoms with E-state index in [0.29, 0.717) is 11.3 Å². The zero-order valence-corrected chi connectivity index (χ0v) is 17.7. The predicted octanol–water partition coefficient (Wildman–Crippen LogP) is 5.19. The Morgan fingerprint density at radius 1 is 1.03 bits per heavy atom. The number of nitrogens with one attached hydrogen (secondary N) is 2. The molecule has 2 N–H and O–H groups in total. The van der Waals surface area contributed by atoms with Crippen molar-refractivity contribution < 1.29 is 8.42 Å². The van der Waals surface area contributed by atoms with E-state index in [1.54, 1.807) is 36.4 Å². The molecule has 0 bridgehead atoms. The van der Waals surface area contributed by atoms with E-state index in [4.69, 9.17) is 0 Å². The Balaban J connectivity index is 1.66. The molecule has 6 heteroatoms. The standard InChI is InChI=1S/C24H23N3O2S/c1-24(2)15-22(26-23-18(16-25)9-7-13-21(23)24)17-8-6-10-19(14-17)27-30(28,29)20-11-4-3-5-12-20/h3-14,22,26-27H,15H2,1-2H3. The lowest BCUT2D eigenvalue weighted by Crippen LogP contribution is -2.31. The van der Waals surface area contributed by atoms with Crippen molar-refractivity contribution in [3.8, 4) is 6.07 Å². The van der Waals surface area contributed by atoms with Crippen LogP contribution in [-0.4, -0.2) is 8.42 Å². The van der Waals surface area contributed by atoms with E-state index >= 15 is 0 Å².